The standard InChI is InChI=1S/C18H31NSi/c1-20(2,3)18-13-9-5-4-8-12(13)17-16(18)14-10-6-7-11-15(14)19-17/h12-15,18-19H,4-11H2,1-3H3. The van der Waals surface area contributed by atoms with Gasteiger partial charge in [-0.15, -0.1) is 0 Å². The molecule has 0 bridgehead atoms. The van der Waals surface area contributed by atoms with Gasteiger partial charge in [-0.3, -0.25) is 0 Å². The van der Waals surface area contributed by atoms with Gasteiger partial charge in [0.05, 0.1) is 8.07 Å². The average Bonchev–Trinajstić information content (AvgIpc) is 2.92. The van der Waals surface area contributed by atoms with Gasteiger partial charge in [-0.1, -0.05) is 45.3 Å². The zero-order chi connectivity index (χ0) is 13.9. The third-order valence-corrected chi connectivity index (χ3v) is 9.31. The molecule has 2 saturated carbocycles. The summed E-state index contributed by atoms with van der Waals surface area (Å²) in [7, 11) is -1.09. The van der Waals surface area contributed by atoms with Gasteiger partial charge in [0.1, 0.15) is 0 Å². The highest BCUT2D eigenvalue weighted by molar-refractivity contribution is 6.78. The first kappa shape index (κ1) is 13.4. The quantitative estimate of drug-likeness (QED) is 0.675. The first-order valence-electron chi connectivity index (χ1n) is 9.08. The molecule has 1 N–H and O–H groups in total. The van der Waals surface area contributed by atoms with Gasteiger partial charge in [-0.25, -0.2) is 0 Å². The Hall–Kier alpha value is -0.243. The SMILES string of the molecule is C[Si](C)(C)C1C2=C(NC3CCCCC23)C2CCCCC21. The van der Waals surface area contributed by atoms with Crippen molar-refractivity contribution in [3.8, 4) is 0 Å². The molecule has 2 heteroatoms. The molecular formula is C18H31NSi. The van der Waals surface area contributed by atoms with E-state index in [0.29, 0.717) is 0 Å². The van der Waals surface area contributed by atoms with E-state index in [1.54, 1.807) is 5.70 Å². The Morgan fingerprint density at radius 3 is 2.25 bits per heavy atom. The van der Waals surface area contributed by atoms with Crippen molar-refractivity contribution in [2.24, 2.45) is 17.8 Å². The molecule has 2 fully saturated rings. The molecule has 0 aromatic carbocycles. The molecule has 0 saturated heterocycles. The minimum absolute atomic E-state index is 0.829. The molecule has 1 aliphatic heterocycles. The molecule has 0 aromatic rings. The second-order valence-electron chi connectivity index (χ2n) is 8.91. The van der Waals surface area contributed by atoms with Gasteiger partial charge < -0.3 is 5.32 Å². The summed E-state index contributed by atoms with van der Waals surface area (Å²) in [5, 5.41) is 4.06. The lowest BCUT2D eigenvalue weighted by Crippen LogP contribution is -2.41. The van der Waals surface area contributed by atoms with Crippen LogP contribution in [0.4, 0.5) is 0 Å². The van der Waals surface area contributed by atoms with E-state index >= 15 is 0 Å². The van der Waals surface area contributed by atoms with E-state index in [-0.39, 0.29) is 0 Å². The number of hydrogen-bond donors (Lipinski definition) is 1. The summed E-state index contributed by atoms with van der Waals surface area (Å²) in [6.45, 7) is 7.90. The van der Waals surface area contributed by atoms with Gasteiger partial charge in [0.25, 0.3) is 0 Å². The molecular weight excluding hydrogens is 258 g/mol. The third kappa shape index (κ3) is 1.86. The summed E-state index contributed by atoms with van der Waals surface area (Å²) in [6.07, 6.45) is 11.8. The fraction of sp³-hybridized carbons (Fsp3) is 0.889. The molecule has 112 valence electrons. The number of hydrogen-bond acceptors (Lipinski definition) is 1. The predicted molar refractivity (Wildman–Crippen MR) is 88.5 cm³/mol. The Labute approximate surface area is 125 Å². The lowest BCUT2D eigenvalue weighted by atomic mass is 9.77. The molecule has 4 aliphatic rings. The molecule has 3 aliphatic carbocycles. The molecule has 0 spiro atoms. The zero-order valence-electron chi connectivity index (χ0n) is 13.5. The second kappa shape index (κ2) is 4.63. The smallest absolute Gasteiger partial charge is 0.0522 e. The number of allylic oxidation sites excluding steroid dienone is 1. The monoisotopic (exact) mass is 289 g/mol. The van der Waals surface area contributed by atoms with Gasteiger partial charge in [0.15, 0.2) is 0 Å². The predicted octanol–water partition coefficient (Wildman–Crippen LogP) is 4.93. The summed E-state index contributed by atoms with van der Waals surface area (Å²) >= 11 is 0. The van der Waals surface area contributed by atoms with Crippen LogP contribution in [0.1, 0.15) is 51.4 Å². The first-order valence-corrected chi connectivity index (χ1v) is 12.7. The normalized spacial score (nSPS) is 43.9. The van der Waals surface area contributed by atoms with Gasteiger partial charge >= 0.3 is 0 Å². The van der Waals surface area contributed by atoms with Gasteiger partial charge in [0, 0.05) is 23.6 Å². The molecule has 4 rings (SSSR count). The van der Waals surface area contributed by atoms with Crippen LogP contribution in [-0.2, 0) is 0 Å². The van der Waals surface area contributed by atoms with Crippen LogP contribution in [0, 0.1) is 17.8 Å². The van der Waals surface area contributed by atoms with Crippen molar-refractivity contribution < 1.29 is 0 Å². The third-order valence-electron chi connectivity index (χ3n) is 6.70. The molecule has 20 heavy (non-hydrogen) atoms. The molecule has 5 unspecified atom stereocenters. The number of nitrogens with one attached hydrogen (secondary N) is 1. The fourth-order valence-corrected chi connectivity index (χ4v) is 9.12. The van der Waals surface area contributed by atoms with Crippen LogP contribution in [0.3, 0.4) is 0 Å². The van der Waals surface area contributed by atoms with Crippen molar-refractivity contribution >= 4 is 8.07 Å². The van der Waals surface area contributed by atoms with Crippen LogP contribution >= 0.6 is 0 Å². The van der Waals surface area contributed by atoms with Crippen molar-refractivity contribution in [1.29, 1.82) is 0 Å². The van der Waals surface area contributed by atoms with Crippen molar-refractivity contribution in [2.75, 3.05) is 0 Å². The Morgan fingerprint density at radius 1 is 0.850 bits per heavy atom. The fourth-order valence-electron chi connectivity index (χ4n) is 6.13. The van der Waals surface area contributed by atoms with Crippen molar-refractivity contribution in [2.45, 2.75) is 82.6 Å². The molecule has 0 aromatic heterocycles. The Morgan fingerprint density at radius 2 is 1.50 bits per heavy atom. The summed E-state index contributed by atoms with van der Waals surface area (Å²) in [5.74, 6) is 2.89. The average molecular weight is 290 g/mol. The minimum Gasteiger partial charge on any atom is -0.385 e. The van der Waals surface area contributed by atoms with E-state index in [0.717, 1.165) is 29.3 Å². The van der Waals surface area contributed by atoms with Gasteiger partial charge in [0.2, 0.25) is 0 Å². The molecule has 5 atom stereocenters. The topological polar surface area (TPSA) is 12.0 Å². The largest absolute Gasteiger partial charge is 0.385 e. The molecule has 1 heterocycles. The van der Waals surface area contributed by atoms with E-state index in [1.165, 1.54) is 51.4 Å². The second-order valence-corrected chi connectivity index (χ2v) is 14.3. The zero-order valence-corrected chi connectivity index (χ0v) is 14.5. The minimum atomic E-state index is -1.09. The molecule has 0 radical (unpaired) electrons. The Kier molecular flexibility index (Phi) is 3.10. The molecule has 1 nitrogen and oxygen atoms in total. The van der Waals surface area contributed by atoms with Crippen LogP contribution in [0.2, 0.25) is 25.2 Å². The summed E-state index contributed by atoms with van der Waals surface area (Å²) < 4.78 is 0. The maximum Gasteiger partial charge on any atom is 0.0522 e. The van der Waals surface area contributed by atoms with Gasteiger partial charge in [-0.2, -0.15) is 0 Å². The van der Waals surface area contributed by atoms with E-state index < -0.39 is 8.07 Å². The van der Waals surface area contributed by atoms with Crippen LogP contribution in [0.15, 0.2) is 11.3 Å². The first-order chi connectivity index (χ1) is 9.57. The van der Waals surface area contributed by atoms with E-state index in [2.05, 4.69) is 25.0 Å². The van der Waals surface area contributed by atoms with E-state index in [4.69, 9.17) is 0 Å². The lowest BCUT2D eigenvalue weighted by molar-refractivity contribution is 0.249. The summed E-state index contributed by atoms with van der Waals surface area (Å²) in [6, 6.07) is 0.829. The van der Waals surface area contributed by atoms with Crippen molar-refractivity contribution in [3.05, 3.63) is 11.3 Å². The maximum atomic E-state index is 4.06. The van der Waals surface area contributed by atoms with Crippen molar-refractivity contribution in [1.82, 2.24) is 5.32 Å². The maximum absolute atomic E-state index is 4.06. The van der Waals surface area contributed by atoms with Crippen LogP contribution < -0.4 is 5.32 Å². The summed E-state index contributed by atoms with van der Waals surface area (Å²) in [4.78, 5) is 0. The lowest BCUT2D eigenvalue weighted by Gasteiger charge is -2.42. The van der Waals surface area contributed by atoms with Crippen molar-refractivity contribution in [3.63, 3.8) is 0 Å². The van der Waals surface area contributed by atoms with E-state index in [9.17, 15) is 0 Å². The number of fused-ring (bicyclic) bond motifs is 4. The van der Waals surface area contributed by atoms with Crippen LogP contribution in [-0.4, -0.2) is 14.1 Å². The highest BCUT2D eigenvalue weighted by atomic mass is 28.3. The summed E-state index contributed by atoms with van der Waals surface area (Å²) in [5.41, 5.74) is 4.77. The Balaban J connectivity index is 1.73. The Bertz CT molecular complexity index is 431. The van der Waals surface area contributed by atoms with Gasteiger partial charge in [-0.05, 0) is 42.7 Å². The highest BCUT2D eigenvalue weighted by Gasteiger charge is 2.54. The molecule has 0 amide bonds. The van der Waals surface area contributed by atoms with Crippen LogP contribution in [0.5, 0.6) is 0 Å². The van der Waals surface area contributed by atoms with E-state index in [1.807, 2.05) is 5.57 Å². The van der Waals surface area contributed by atoms with Crippen LogP contribution in [0.25, 0.3) is 0 Å². The highest BCUT2D eigenvalue weighted by Crippen LogP contribution is 2.61. The number of rotatable bonds is 1.